The molecule has 10 heteroatoms. The van der Waals surface area contributed by atoms with Crippen LogP contribution >= 0.6 is 11.6 Å². The molecule has 0 spiro atoms. The van der Waals surface area contributed by atoms with Gasteiger partial charge in [-0.1, -0.05) is 12.1 Å². The molecule has 2 aromatic rings. The molecule has 0 saturated carbocycles. The first-order valence-corrected chi connectivity index (χ1v) is 10.8. The van der Waals surface area contributed by atoms with E-state index < -0.39 is 23.5 Å². The molecule has 1 aromatic heterocycles. The van der Waals surface area contributed by atoms with Crippen LogP contribution in [-0.4, -0.2) is 51.7 Å². The standard InChI is InChI=1S/C22H25ClFN5O3/c1-13-6-5-7-16(24)17(13)28-11-14-10-25-19(23)26-18(14)29(20(28)30)15-8-9-27(12-15)21(31)32-22(2,3)4/h5-7,10,15H,8-9,11-12H2,1-4H3/t15-/m0/s1. The largest absolute Gasteiger partial charge is 0.444 e. The van der Waals surface area contributed by atoms with Crippen molar-refractivity contribution in [3.63, 3.8) is 0 Å². The van der Waals surface area contributed by atoms with Crippen molar-refractivity contribution in [3.8, 4) is 0 Å². The van der Waals surface area contributed by atoms with Crippen LogP contribution in [0.4, 0.5) is 25.5 Å². The second kappa shape index (κ2) is 8.20. The van der Waals surface area contributed by atoms with Crippen molar-refractivity contribution in [3.05, 3.63) is 46.6 Å². The number of urea groups is 1. The first-order valence-electron chi connectivity index (χ1n) is 10.4. The van der Waals surface area contributed by atoms with Crippen molar-refractivity contribution in [2.45, 2.75) is 52.3 Å². The highest BCUT2D eigenvalue weighted by molar-refractivity contribution is 6.28. The fourth-order valence-corrected chi connectivity index (χ4v) is 4.20. The average Bonchev–Trinajstić information content (AvgIpc) is 3.17. The van der Waals surface area contributed by atoms with E-state index in [4.69, 9.17) is 16.3 Å². The highest BCUT2D eigenvalue weighted by Gasteiger charge is 2.42. The number of aryl methyl sites for hydroxylation is 1. The topological polar surface area (TPSA) is 78.9 Å². The summed E-state index contributed by atoms with van der Waals surface area (Å²) in [5, 5.41) is 0.0130. The predicted octanol–water partition coefficient (Wildman–Crippen LogP) is 4.53. The molecule has 1 saturated heterocycles. The van der Waals surface area contributed by atoms with Crippen LogP contribution < -0.4 is 9.80 Å². The molecule has 2 aliphatic rings. The molecule has 32 heavy (non-hydrogen) atoms. The molecule has 0 N–H and O–H groups in total. The van der Waals surface area contributed by atoms with Crippen molar-refractivity contribution < 1.29 is 18.7 Å². The van der Waals surface area contributed by atoms with Gasteiger partial charge in [-0.15, -0.1) is 0 Å². The molecule has 8 nitrogen and oxygen atoms in total. The number of fused-ring (bicyclic) bond motifs is 1. The quantitative estimate of drug-likeness (QED) is 0.614. The minimum absolute atomic E-state index is 0.0130. The maximum Gasteiger partial charge on any atom is 0.410 e. The number of likely N-dealkylation sites (tertiary alicyclic amines) is 1. The number of ether oxygens (including phenoxy) is 1. The van der Waals surface area contributed by atoms with Crippen LogP contribution in [0.2, 0.25) is 5.28 Å². The van der Waals surface area contributed by atoms with E-state index >= 15 is 0 Å². The van der Waals surface area contributed by atoms with Crippen LogP contribution in [0.25, 0.3) is 0 Å². The van der Waals surface area contributed by atoms with Gasteiger partial charge < -0.3 is 9.64 Å². The number of carbonyl (C=O) groups excluding carboxylic acids is 2. The number of para-hydroxylation sites is 1. The summed E-state index contributed by atoms with van der Waals surface area (Å²) in [6.45, 7) is 7.97. The molecule has 1 aromatic carbocycles. The van der Waals surface area contributed by atoms with Gasteiger partial charge in [0.2, 0.25) is 5.28 Å². The third-order valence-corrected chi connectivity index (χ3v) is 5.63. The SMILES string of the molecule is Cc1cccc(F)c1N1Cc2cnc(Cl)nc2N([C@H]2CCN(C(=O)OC(C)(C)C)C2)C1=O. The first kappa shape index (κ1) is 22.3. The highest BCUT2D eigenvalue weighted by Crippen LogP contribution is 2.36. The lowest BCUT2D eigenvalue weighted by Gasteiger charge is -2.39. The Hall–Kier alpha value is -2.94. The van der Waals surface area contributed by atoms with Gasteiger partial charge in [-0.25, -0.2) is 19.0 Å². The van der Waals surface area contributed by atoms with Gasteiger partial charge in [0.1, 0.15) is 17.2 Å². The highest BCUT2D eigenvalue weighted by atomic mass is 35.5. The van der Waals surface area contributed by atoms with Crippen molar-refractivity contribution in [2.24, 2.45) is 0 Å². The molecule has 4 rings (SSSR count). The maximum atomic E-state index is 14.7. The Balaban J connectivity index is 1.69. The lowest BCUT2D eigenvalue weighted by molar-refractivity contribution is 0.0292. The molecule has 0 radical (unpaired) electrons. The number of rotatable bonds is 2. The minimum Gasteiger partial charge on any atom is -0.444 e. The zero-order chi connectivity index (χ0) is 23.2. The Kier molecular flexibility index (Phi) is 5.70. The molecular formula is C22H25ClFN5O3. The van der Waals surface area contributed by atoms with E-state index in [1.54, 1.807) is 50.9 Å². The summed E-state index contributed by atoms with van der Waals surface area (Å²) in [5.41, 5.74) is 0.874. The minimum atomic E-state index is -0.622. The Morgan fingerprint density at radius 1 is 1.31 bits per heavy atom. The molecule has 1 atom stereocenters. The van der Waals surface area contributed by atoms with E-state index in [9.17, 15) is 14.0 Å². The molecule has 0 bridgehead atoms. The summed E-state index contributed by atoms with van der Waals surface area (Å²) in [4.78, 5) is 39.0. The van der Waals surface area contributed by atoms with E-state index in [-0.39, 0.29) is 30.1 Å². The second-order valence-corrected chi connectivity index (χ2v) is 9.34. The van der Waals surface area contributed by atoms with Gasteiger partial charge >= 0.3 is 12.1 Å². The Morgan fingerprint density at radius 2 is 2.06 bits per heavy atom. The van der Waals surface area contributed by atoms with Crippen LogP contribution in [0, 0.1) is 12.7 Å². The van der Waals surface area contributed by atoms with Crippen molar-refractivity contribution in [1.82, 2.24) is 14.9 Å². The number of carbonyl (C=O) groups is 2. The van der Waals surface area contributed by atoms with Gasteiger partial charge in [-0.3, -0.25) is 9.80 Å². The Labute approximate surface area is 190 Å². The molecule has 3 amide bonds. The number of halogens is 2. The van der Waals surface area contributed by atoms with Crippen LogP contribution in [0.3, 0.4) is 0 Å². The monoisotopic (exact) mass is 461 g/mol. The third-order valence-electron chi connectivity index (χ3n) is 5.44. The molecule has 170 valence electrons. The van der Waals surface area contributed by atoms with Gasteiger partial charge in [0.05, 0.1) is 18.3 Å². The van der Waals surface area contributed by atoms with Gasteiger partial charge in [0, 0.05) is 24.8 Å². The van der Waals surface area contributed by atoms with E-state index in [0.717, 1.165) is 0 Å². The van der Waals surface area contributed by atoms with Crippen LogP contribution in [0.5, 0.6) is 0 Å². The summed E-state index contributed by atoms with van der Waals surface area (Å²) >= 11 is 6.03. The number of benzene rings is 1. The smallest absolute Gasteiger partial charge is 0.410 e. The van der Waals surface area contributed by atoms with Gasteiger partial charge in [-0.05, 0) is 57.3 Å². The van der Waals surface area contributed by atoms with E-state index in [1.807, 2.05) is 0 Å². The van der Waals surface area contributed by atoms with Crippen molar-refractivity contribution in [2.75, 3.05) is 22.9 Å². The summed E-state index contributed by atoms with van der Waals surface area (Å²) in [6.07, 6.45) is 1.64. The number of aromatic nitrogens is 2. The average molecular weight is 462 g/mol. The Bertz CT molecular complexity index is 1050. The summed E-state index contributed by atoms with van der Waals surface area (Å²) in [5.74, 6) is -0.102. The second-order valence-electron chi connectivity index (χ2n) is 9.00. The zero-order valence-corrected chi connectivity index (χ0v) is 19.2. The number of amides is 3. The number of hydrogen-bond donors (Lipinski definition) is 0. The lowest BCUT2D eigenvalue weighted by atomic mass is 10.1. The molecule has 3 heterocycles. The molecule has 0 aliphatic carbocycles. The number of anilines is 2. The number of hydrogen-bond acceptors (Lipinski definition) is 5. The molecule has 0 unspecified atom stereocenters. The summed E-state index contributed by atoms with van der Waals surface area (Å²) in [6, 6.07) is 3.90. The Morgan fingerprint density at radius 3 is 2.75 bits per heavy atom. The van der Waals surface area contributed by atoms with E-state index in [2.05, 4.69) is 9.97 Å². The fourth-order valence-electron chi connectivity index (χ4n) is 4.07. The molecule has 1 fully saturated rings. The van der Waals surface area contributed by atoms with E-state index in [0.29, 0.717) is 29.9 Å². The van der Waals surface area contributed by atoms with Gasteiger partial charge in [-0.2, -0.15) is 4.98 Å². The summed E-state index contributed by atoms with van der Waals surface area (Å²) in [7, 11) is 0. The normalized spacial score (nSPS) is 18.8. The number of nitrogens with zero attached hydrogens (tertiary/aromatic N) is 5. The van der Waals surface area contributed by atoms with Crippen LogP contribution in [0.15, 0.2) is 24.4 Å². The van der Waals surface area contributed by atoms with Crippen LogP contribution in [-0.2, 0) is 11.3 Å². The van der Waals surface area contributed by atoms with Crippen LogP contribution in [0.1, 0.15) is 38.3 Å². The first-order chi connectivity index (χ1) is 15.0. The third kappa shape index (κ3) is 4.21. The molecule has 2 aliphatic heterocycles. The van der Waals surface area contributed by atoms with Gasteiger partial charge in [0.15, 0.2) is 0 Å². The van der Waals surface area contributed by atoms with Gasteiger partial charge in [0.25, 0.3) is 0 Å². The van der Waals surface area contributed by atoms with Crippen molar-refractivity contribution >= 4 is 35.2 Å². The summed E-state index contributed by atoms with van der Waals surface area (Å²) < 4.78 is 20.2. The maximum absolute atomic E-state index is 14.7. The fraction of sp³-hybridized carbons (Fsp3) is 0.455. The van der Waals surface area contributed by atoms with Crippen molar-refractivity contribution in [1.29, 1.82) is 0 Å². The van der Waals surface area contributed by atoms with E-state index in [1.165, 1.54) is 15.9 Å². The predicted molar refractivity (Wildman–Crippen MR) is 118 cm³/mol. The lowest BCUT2D eigenvalue weighted by Crippen LogP contribution is -2.54. The zero-order valence-electron chi connectivity index (χ0n) is 18.4. The molecular weight excluding hydrogens is 437 g/mol.